The Bertz CT molecular complexity index is 695. The van der Waals surface area contributed by atoms with Crippen LogP contribution in [0.25, 0.3) is 0 Å². The summed E-state index contributed by atoms with van der Waals surface area (Å²) in [7, 11) is -3.73. The minimum absolute atomic E-state index is 0.0202. The molecule has 0 unspecified atom stereocenters. The second kappa shape index (κ2) is 5.54. The molecule has 2 rings (SSSR count). The van der Waals surface area contributed by atoms with Crippen molar-refractivity contribution in [3.05, 3.63) is 15.4 Å². The van der Waals surface area contributed by atoms with Gasteiger partial charge in [-0.05, 0) is 26.2 Å². The number of aliphatic carboxylic acids is 1. The number of aryl methyl sites for hydroxylation is 1. The monoisotopic (exact) mass is 334 g/mol. The second-order valence-corrected chi connectivity index (χ2v) is 8.39. The summed E-state index contributed by atoms with van der Waals surface area (Å²) in [6, 6.07) is 0. The molecule has 0 atom stereocenters. The predicted octanol–water partition coefficient (Wildman–Crippen LogP) is 1.01. The van der Waals surface area contributed by atoms with Crippen LogP contribution < -0.4 is 4.87 Å². The molecule has 0 bridgehead atoms. The highest BCUT2D eigenvalue weighted by Gasteiger charge is 2.43. The summed E-state index contributed by atoms with van der Waals surface area (Å²) < 4.78 is 26.3. The molecule has 21 heavy (non-hydrogen) atoms. The van der Waals surface area contributed by atoms with E-state index < -0.39 is 26.3 Å². The maximum atomic E-state index is 12.5. The van der Waals surface area contributed by atoms with Gasteiger partial charge in [0, 0.05) is 18.8 Å². The van der Waals surface area contributed by atoms with Gasteiger partial charge < -0.3 is 10.1 Å². The summed E-state index contributed by atoms with van der Waals surface area (Å²) in [4.78, 5) is 24.7. The van der Waals surface area contributed by atoms with Crippen molar-refractivity contribution in [2.24, 2.45) is 5.41 Å². The Morgan fingerprint density at radius 2 is 2.00 bits per heavy atom. The number of nitrogens with one attached hydrogen (secondary N) is 1. The Kier molecular flexibility index (Phi) is 4.27. The van der Waals surface area contributed by atoms with Crippen LogP contribution in [0.3, 0.4) is 0 Å². The van der Waals surface area contributed by atoms with E-state index >= 15 is 0 Å². The molecule has 1 fully saturated rings. The molecule has 1 aromatic rings. The number of sulfonamides is 1. The Morgan fingerprint density at radius 3 is 2.38 bits per heavy atom. The lowest BCUT2D eigenvalue weighted by molar-refractivity contribution is -0.151. The second-order valence-electron chi connectivity index (χ2n) is 5.27. The fourth-order valence-electron chi connectivity index (χ4n) is 2.63. The normalized spacial score (nSPS) is 19.5. The van der Waals surface area contributed by atoms with Crippen LogP contribution in [0.1, 0.15) is 31.9 Å². The highest BCUT2D eigenvalue weighted by atomic mass is 32.2. The molecule has 0 aliphatic carbocycles. The number of carboxylic acids is 1. The first-order chi connectivity index (χ1) is 9.73. The lowest BCUT2D eigenvalue weighted by Crippen LogP contribution is -2.46. The summed E-state index contributed by atoms with van der Waals surface area (Å²) in [5.74, 6) is -0.871. The van der Waals surface area contributed by atoms with Crippen molar-refractivity contribution >= 4 is 27.3 Å². The molecule has 0 spiro atoms. The number of thiazole rings is 1. The maximum absolute atomic E-state index is 12.5. The number of aromatic nitrogens is 1. The quantitative estimate of drug-likeness (QED) is 0.854. The molecule has 1 aliphatic rings. The molecule has 2 N–H and O–H groups in total. The summed E-state index contributed by atoms with van der Waals surface area (Å²) >= 11 is 0.670. The summed E-state index contributed by atoms with van der Waals surface area (Å²) in [5, 5.41) is 9.33. The van der Waals surface area contributed by atoms with Crippen LogP contribution in [0.4, 0.5) is 0 Å². The first-order valence-corrected chi connectivity index (χ1v) is 8.92. The first kappa shape index (κ1) is 16.2. The topological polar surface area (TPSA) is 108 Å². The molecular formula is C12H18N2O5S2. The molecule has 0 amide bonds. The highest BCUT2D eigenvalue weighted by Crippen LogP contribution is 2.37. The maximum Gasteiger partial charge on any atom is 0.309 e. The molecule has 1 saturated heterocycles. The van der Waals surface area contributed by atoms with Gasteiger partial charge in [0.15, 0.2) is 4.21 Å². The van der Waals surface area contributed by atoms with Crippen molar-refractivity contribution in [2.45, 2.75) is 37.3 Å². The lowest BCUT2D eigenvalue weighted by atomic mass is 9.77. The third-order valence-corrected chi connectivity index (χ3v) is 7.65. The van der Waals surface area contributed by atoms with Crippen molar-refractivity contribution < 1.29 is 18.3 Å². The number of carboxylic acid groups (broad SMARTS) is 1. The van der Waals surface area contributed by atoms with Gasteiger partial charge >= 0.3 is 10.8 Å². The van der Waals surface area contributed by atoms with E-state index in [0.29, 0.717) is 23.5 Å². The van der Waals surface area contributed by atoms with Crippen molar-refractivity contribution in [2.75, 3.05) is 13.1 Å². The van der Waals surface area contributed by atoms with Crippen LogP contribution in [-0.2, 0) is 14.8 Å². The van der Waals surface area contributed by atoms with Gasteiger partial charge in [0.1, 0.15) is 0 Å². The minimum Gasteiger partial charge on any atom is -0.481 e. The largest absolute Gasteiger partial charge is 0.481 e. The zero-order valence-corrected chi connectivity index (χ0v) is 13.5. The summed E-state index contributed by atoms with van der Waals surface area (Å²) in [6.07, 6.45) is 1.06. The van der Waals surface area contributed by atoms with Gasteiger partial charge in [0.2, 0.25) is 0 Å². The third-order valence-electron chi connectivity index (χ3n) is 4.17. The molecule has 2 heterocycles. The van der Waals surface area contributed by atoms with Crippen LogP contribution in [0.15, 0.2) is 9.00 Å². The molecule has 118 valence electrons. The number of H-pyrrole nitrogens is 1. The minimum atomic E-state index is -3.73. The van der Waals surface area contributed by atoms with E-state index in [-0.39, 0.29) is 30.1 Å². The average Bonchev–Trinajstić information content (AvgIpc) is 2.78. The zero-order chi connectivity index (χ0) is 15.8. The number of carbonyl (C=O) groups is 1. The van der Waals surface area contributed by atoms with E-state index in [1.165, 1.54) is 4.31 Å². The number of hydrogen-bond acceptors (Lipinski definition) is 5. The average molecular weight is 334 g/mol. The fourth-order valence-corrected chi connectivity index (χ4v) is 5.50. The molecule has 7 nitrogen and oxygen atoms in total. The van der Waals surface area contributed by atoms with Gasteiger partial charge in [0.05, 0.1) is 5.41 Å². The van der Waals surface area contributed by atoms with E-state index in [9.17, 15) is 23.1 Å². The Labute approximate surface area is 126 Å². The third kappa shape index (κ3) is 2.77. The van der Waals surface area contributed by atoms with Gasteiger partial charge in [-0.3, -0.25) is 9.59 Å². The number of aromatic amines is 1. The van der Waals surface area contributed by atoms with E-state index in [4.69, 9.17) is 0 Å². The van der Waals surface area contributed by atoms with Crippen molar-refractivity contribution in [1.29, 1.82) is 0 Å². The van der Waals surface area contributed by atoms with Crippen LogP contribution in [0.5, 0.6) is 0 Å². The SMILES string of the molecule is CCC1(C(=O)O)CCN(S(=O)(=O)c2sc(=O)[nH]c2C)CC1. The van der Waals surface area contributed by atoms with E-state index in [1.807, 2.05) is 0 Å². The molecule has 0 radical (unpaired) electrons. The zero-order valence-electron chi connectivity index (χ0n) is 11.9. The van der Waals surface area contributed by atoms with Gasteiger partial charge in [-0.2, -0.15) is 4.31 Å². The highest BCUT2D eigenvalue weighted by molar-refractivity contribution is 7.91. The molecule has 1 aromatic heterocycles. The number of rotatable bonds is 4. The van der Waals surface area contributed by atoms with Crippen LogP contribution in [0.2, 0.25) is 0 Å². The lowest BCUT2D eigenvalue weighted by Gasteiger charge is -2.37. The van der Waals surface area contributed by atoms with E-state index in [0.717, 1.165) is 0 Å². The summed E-state index contributed by atoms with van der Waals surface area (Å²) in [5.41, 5.74) is -0.512. The first-order valence-electron chi connectivity index (χ1n) is 6.66. The van der Waals surface area contributed by atoms with Gasteiger partial charge in [-0.25, -0.2) is 8.42 Å². The van der Waals surface area contributed by atoms with Crippen molar-refractivity contribution in [3.63, 3.8) is 0 Å². The summed E-state index contributed by atoms with van der Waals surface area (Å²) in [6.45, 7) is 3.67. The Morgan fingerprint density at radius 1 is 1.43 bits per heavy atom. The molecule has 0 aromatic carbocycles. The molecule has 1 aliphatic heterocycles. The molecule has 0 saturated carbocycles. The Balaban J connectivity index is 2.24. The van der Waals surface area contributed by atoms with E-state index in [2.05, 4.69) is 4.98 Å². The van der Waals surface area contributed by atoms with E-state index in [1.54, 1.807) is 13.8 Å². The predicted molar refractivity (Wildman–Crippen MR) is 78.0 cm³/mol. The number of piperidine rings is 1. The van der Waals surface area contributed by atoms with Crippen LogP contribution >= 0.6 is 11.3 Å². The molecule has 9 heteroatoms. The Hall–Kier alpha value is -1.19. The van der Waals surface area contributed by atoms with Crippen molar-refractivity contribution in [3.8, 4) is 0 Å². The molecular weight excluding hydrogens is 316 g/mol. The van der Waals surface area contributed by atoms with Gasteiger partial charge in [-0.15, -0.1) is 0 Å². The number of nitrogens with zero attached hydrogens (tertiary/aromatic N) is 1. The standard InChI is InChI=1S/C12H18N2O5S2/c1-3-12(10(15)16)4-6-14(7-5-12)21(18,19)9-8(2)13-11(17)20-9/h3-7H2,1-2H3,(H,13,17)(H,15,16). The smallest absolute Gasteiger partial charge is 0.309 e. The van der Waals surface area contributed by atoms with Crippen LogP contribution in [0, 0.1) is 12.3 Å². The van der Waals surface area contributed by atoms with Crippen LogP contribution in [-0.4, -0.2) is 41.9 Å². The van der Waals surface area contributed by atoms with Gasteiger partial charge in [0.25, 0.3) is 10.0 Å². The number of hydrogen-bond donors (Lipinski definition) is 2. The fraction of sp³-hybridized carbons (Fsp3) is 0.667. The van der Waals surface area contributed by atoms with Crippen molar-refractivity contribution in [1.82, 2.24) is 9.29 Å². The van der Waals surface area contributed by atoms with Gasteiger partial charge in [-0.1, -0.05) is 18.3 Å².